The molecule has 3 aromatic rings. The Morgan fingerprint density at radius 2 is 1.58 bits per heavy atom. The fraction of sp³-hybridized carbons (Fsp3) is 0.348. The summed E-state index contributed by atoms with van der Waals surface area (Å²) in [6.07, 6.45) is -8.14. The number of hydrogen-bond acceptors (Lipinski definition) is 13. The maximum absolute atomic E-state index is 13.5. The maximum atomic E-state index is 13.5. The molecular weight excluding hydrogens is 484 g/mol. The normalized spacial score (nSPS) is 24.0. The Morgan fingerprint density at radius 1 is 0.889 bits per heavy atom. The quantitative estimate of drug-likeness (QED) is 0.215. The van der Waals surface area contributed by atoms with E-state index in [0.29, 0.717) is 0 Å². The number of methoxy groups -OCH3 is 2. The first-order chi connectivity index (χ1) is 17.1. The fourth-order valence-corrected chi connectivity index (χ4v) is 3.90. The van der Waals surface area contributed by atoms with Crippen LogP contribution in [-0.2, 0) is 4.74 Å². The molecule has 4 rings (SSSR count). The highest BCUT2D eigenvalue weighted by atomic mass is 16.7. The number of aromatic hydroxyl groups is 3. The van der Waals surface area contributed by atoms with Crippen molar-refractivity contribution in [1.29, 1.82) is 0 Å². The second-order valence-electron chi connectivity index (χ2n) is 7.94. The number of ether oxygens (including phenoxy) is 4. The highest BCUT2D eigenvalue weighted by Gasteiger charge is 2.45. The van der Waals surface area contributed by atoms with E-state index in [1.54, 1.807) is 0 Å². The van der Waals surface area contributed by atoms with Crippen LogP contribution in [0.4, 0.5) is 0 Å². The van der Waals surface area contributed by atoms with Crippen LogP contribution >= 0.6 is 0 Å². The lowest BCUT2D eigenvalue weighted by Crippen LogP contribution is -2.60. The van der Waals surface area contributed by atoms with Crippen LogP contribution in [-0.4, -0.2) is 87.3 Å². The third-order valence-corrected chi connectivity index (χ3v) is 5.76. The topological polar surface area (TPSA) is 209 Å². The first kappa shape index (κ1) is 25.3. The van der Waals surface area contributed by atoms with Crippen molar-refractivity contribution >= 4 is 11.0 Å². The number of fused-ring (bicyclic) bond motifs is 1. The molecule has 13 nitrogen and oxygen atoms in total. The van der Waals surface area contributed by atoms with Crippen molar-refractivity contribution in [2.45, 2.75) is 30.7 Å². The Kier molecular flexibility index (Phi) is 6.84. The smallest absolute Gasteiger partial charge is 0.239 e. The Hall–Kier alpha value is -3.75. The molecule has 0 spiro atoms. The van der Waals surface area contributed by atoms with Gasteiger partial charge in [-0.2, -0.15) is 0 Å². The van der Waals surface area contributed by atoms with Gasteiger partial charge >= 0.3 is 0 Å². The summed E-state index contributed by atoms with van der Waals surface area (Å²) < 4.78 is 27.3. The van der Waals surface area contributed by atoms with Gasteiger partial charge in [0.2, 0.25) is 23.2 Å². The number of benzene rings is 2. The zero-order valence-corrected chi connectivity index (χ0v) is 19.0. The Morgan fingerprint density at radius 3 is 2.19 bits per heavy atom. The van der Waals surface area contributed by atoms with Crippen molar-refractivity contribution in [3.63, 3.8) is 0 Å². The summed E-state index contributed by atoms with van der Waals surface area (Å²) >= 11 is 0. The van der Waals surface area contributed by atoms with Gasteiger partial charge in [-0.15, -0.1) is 0 Å². The number of aliphatic hydroxyl groups is 4. The van der Waals surface area contributed by atoms with E-state index >= 15 is 0 Å². The van der Waals surface area contributed by atoms with Gasteiger partial charge in [-0.3, -0.25) is 4.79 Å². The van der Waals surface area contributed by atoms with E-state index in [9.17, 15) is 40.5 Å². The van der Waals surface area contributed by atoms with Crippen molar-refractivity contribution in [3.05, 3.63) is 34.5 Å². The van der Waals surface area contributed by atoms with Gasteiger partial charge in [-0.25, -0.2) is 0 Å². The lowest BCUT2D eigenvalue weighted by Gasteiger charge is -2.39. The van der Waals surface area contributed by atoms with Crippen molar-refractivity contribution < 1.29 is 59.1 Å². The second kappa shape index (κ2) is 9.72. The number of rotatable bonds is 6. The van der Waals surface area contributed by atoms with E-state index in [-0.39, 0.29) is 39.5 Å². The molecule has 7 N–H and O–H groups in total. The molecule has 2 aromatic carbocycles. The predicted octanol–water partition coefficient (Wildman–Crippen LogP) is -0.227. The molecule has 2 heterocycles. The van der Waals surface area contributed by atoms with Crippen molar-refractivity contribution in [1.82, 2.24) is 0 Å². The van der Waals surface area contributed by atoms with Crippen molar-refractivity contribution in [2.24, 2.45) is 0 Å². The number of aliphatic hydroxyl groups excluding tert-OH is 4. The highest BCUT2D eigenvalue weighted by Crippen LogP contribution is 2.44. The molecule has 1 aliphatic rings. The molecular formula is C23H24O13. The zero-order chi connectivity index (χ0) is 26.3. The lowest BCUT2D eigenvalue weighted by molar-refractivity contribution is -0.277. The molecule has 0 radical (unpaired) electrons. The van der Waals surface area contributed by atoms with E-state index < -0.39 is 60.0 Å². The fourth-order valence-electron chi connectivity index (χ4n) is 3.90. The Labute approximate surface area is 202 Å². The number of hydrogen-bond donors (Lipinski definition) is 7. The molecule has 13 heteroatoms. The summed E-state index contributed by atoms with van der Waals surface area (Å²) in [7, 11) is 2.40. The number of phenolic OH excluding ortho intramolecular Hbond substituents is 3. The second-order valence-corrected chi connectivity index (χ2v) is 7.94. The summed E-state index contributed by atoms with van der Waals surface area (Å²) in [4.78, 5) is 13.5. The van der Waals surface area contributed by atoms with E-state index in [1.165, 1.54) is 26.4 Å². The first-order valence-electron chi connectivity index (χ1n) is 10.6. The molecule has 0 amide bonds. The zero-order valence-electron chi connectivity index (χ0n) is 19.0. The van der Waals surface area contributed by atoms with Gasteiger partial charge in [0, 0.05) is 11.6 Å². The van der Waals surface area contributed by atoms with Crippen LogP contribution in [0, 0.1) is 0 Å². The van der Waals surface area contributed by atoms with Crippen LogP contribution in [0.25, 0.3) is 22.3 Å². The van der Waals surface area contributed by atoms with Gasteiger partial charge in [-0.05, 0) is 18.2 Å². The van der Waals surface area contributed by atoms with Crippen LogP contribution < -0.4 is 19.6 Å². The van der Waals surface area contributed by atoms with Crippen LogP contribution in [0.5, 0.6) is 34.5 Å². The van der Waals surface area contributed by atoms with Gasteiger partial charge in [0.05, 0.1) is 20.8 Å². The van der Waals surface area contributed by atoms with Crippen LogP contribution in [0.15, 0.2) is 33.5 Å². The first-order valence-corrected chi connectivity index (χ1v) is 10.6. The molecule has 1 fully saturated rings. The van der Waals surface area contributed by atoms with Crippen molar-refractivity contribution in [2.75, 3.05) is 20.8 Å². The largest absolute Gasteiger partial charge is 0.504 e. The summed E-state index contributed by atoms with van der Waals surface area (Å²) in [5.41, 5.74) is -0.965. The lowest BCUT2D eigenvalue weighted by atomic mass is 9.99. The van der Waals surface area contributed by atoms with Gasteiger partial charge in [0.25, 0.3) is 0 Å². The SMILES string of the molecule is COc1c(-c2ccc(O)c(O)c2)oc2c(OC)c(O)cc(OC3OC(CO)C(O)C(O)C3O)c2c1=O. The molecule has 1 saturated heterocycles. The van der Waals surface area contributed by atoms with Crippen LogP contribution in [0.1, 0.15) is 0 Å². The number of phenols is 3. The Bertz CT molecular complexity index is 1330. The van der Waals surface area contributed by atoms with Crippen LogP contribution in [0.3, 0.4) is 0 Å². The van der Waals surface area contributed by atoms with E-state index in [0.717, 1.165) is 12.1 Å². The molecule has 0 saturated carbocycles. The maximum Gasteiger partial charge on any atom is 0.239 e. The third-order valence-electron chi connectivity index (χ3n) is 5.76. The van der Waals surface area contributed by atoms with E-state index in [4.69, 9.17) is 23.4 Å². The molecule has 1 aliphatic heterocycles. The molecule has 5 unspecified atom stereocenters. The standard InChI is InChI=1S/C23H24O13/c1-32-20-11(27)6-12(34-23-18(31)17(30)15(28)13(7-24)35-23)14-16(29)22(33-2)19(36-21(14)20)8-3-4-9(25)10(26)5-8/h3-6,13,15,17-18,23-28,30-31H,7H2,1-2H3. The van der Waals surface area contributed by atoms with Crippen molar-refractivity contribution in [3.8, 4) is 45.8 Å². The highest BCUT2D eigenvalue weighted by molar-refractivity contribution is 5.93. The average Bonchev–Trinajstić information content (AvgIpc) is 2.85. The van der Waals surface area contributed by atoms with Crippen LogP contribution in [0.2, 0.25) is 0 Å². The van der Waals surface area contributed by atoms with E-state index in [2.05, 4.69) is 0 Å². The van der Waals surface area contributed by atoms with E-state index in [1.807, 2.05) is 0 Å². The predicted molar refractivity (Wildman–Crippen MR) is 120 cm³/mol. The molecule has 36 heavy (non-hydrogen) atoms. The molecule has 0 aliphatic carbocycles. The summed E-state index contributed by atoms with van der Waals surface area (Å²) in [6, 6.07) is 4.64. The minimum absolute atomic E-state index is 0.142. The van der Waals surface area contributed by atoms with Gasteiger partial charge in [0.1, 0.15) is 35.6 Å². The third kappa shape index (κ3) is 4.12. The summed E-state index contributed by atoms with van der Waals surface area (Å²) in [6.45, 7) is -0.710. The monoisotopic (exact) mass is 508 g/mol. The minimum atomic E-state index is -1.80. The summed E-state index contributed by atoms with van der Waals surface area (Å²) in [5.74, 6) is -2.56. The van der Waals surface area contributed by atoms with Gasteiger partial charge in [-0.1, -0.05) is 0 Å². The minimum Gasteiger partial charge on any atom is -0.504 e. The average molecular weight is 508 g/mol. The summed E-state index contributed by atoms with van der Waals surface area (Å²) in [5, 5.41) is 69.6. The van der Waals surface area contributed by atoms with Gasteiger partial charge < -0.3 is 59.1 Å². The Balaban J connectivity index is 1.92. The molecule has 194 valence electrons. The molecule has 1 aromatic heterocycles. The molecule has 0 bridgehead atoms. The molecule has 5 atom stereocenters. The van der Waals surface area contributed by atoms with Gasteiger partial charge in [0.15, 0.2) is 28.6 Å².